The first-order chi connectivity index (χ1) is 16.7. The lowest BCUT2D eigenvalue weighted by molar-refractivity contribution is -0.00106. The van der Waals surface area contributed by atoms with Gasteiger partial charge in [0, 0.05) is 6.42 Å². The number of unbranched alkanes of at least 4 members (excludes halogenated alkanes) is 10. The molecule has 0 amide bonds. The van der Waals surface area contributed by atoms with E-state index in [4.69, 9.17) is 9.47 Å². The van der Waals surface area contributed by atoms with Gasteiger partial charge in [0.15, 0.2) is 0 Å². The van der Waals surface area contributed by atoms with Crippen molar-refractivity contribution in [1.82, 2.24) is 0 Å². The summed E-state index contributed by atoms with van der Waals surface area (Å²) in [5, 5.41) is 0. The number of aryl methyl sites for hydroxylation is 2. The Balaban J connectivity index is 1.74. The Morgan fingerprint density at radius 3 is 1.24 bits per heavy atom. The van der Waals surface area contributed by atoms with Crippen LogP contribution in [0.25, 0.3) is 0 Å². The largest absolute Gasteiger partial charge is 0.455 e. The average Bonchev–Trinajstić information content (AvgIpc) is 2.85. The van der Waals surface area contributed by atoms with Crippen molar-refractivity contribution >= 4 is 0 Å². The van der Waals surface area contributed by atoms with Crippen LogP contribution in [0.3, 0.4) is 0 Å². The van der Waals surface area contributed by atoms with E-state index in [1.165, 1.54) is 88.2 Å². The van der Waals surface area contributed by atoms with Gasteiger partial charge in [-0.05, 0) is 67.5 Å². The fraction of sp³-hybridized carbons (Fsp3) is 0.625. The molecule has 0 saturated heterocycles. The Morgan fingerprint density at radius 2 is 0.853 bits per heavy atom. The van der Waals surface area contributed by atoms with E-state index in [-0.39, 0.29) is 6.29 Å². The van der Waals surface area contributed by atoms with Crippen molar-refractivity contribution in [3.63, 3.8) is 0 Å². The summed E-state index contributed by atoms with van der Waals surface area (Å²) in [6, 6.07) is 17.2. The molecular weight excluding hydrogens is 416 g/mol. The van der Waals surface area contributed by atoms with Gasteiger partial charge in [0.25, 0.3) is 0 Å². The lowest BCUT2D eigenvalue weighted by Gasteiger charge is -2.20. The van der Waals surface area contributed by atoms with E-state index in [9.17, 15) is 0 Å². The minimum atomic E-state index is -0.251. The third kappa shape index (κ3) is 12.5. The molecule has 0 aliphatic carbocycles. The smallest absolute Gasteiger partial charge is 0.241 e. The molecule has 0 spiro atoms. The van der Waals surface area contributed by atoms with Crippen LogP contribution in [0, 0.1) is 0 Å². The van der Waals surface area contributed by atoms with Crippen LogP contribution in [-0.4, -0.2) is 6.29 Å². The quantitative estimate of drug-likeness (QED) is 0.143. The SMILES string of the molecule is CCCCCCCCc1ccc(OC(CCC)Oc2ccc(CCCCCCCC)cc2)cc1. The molecule has 0 aromatic heterocycles. The molecule has 0 N–H and O–H groups in total. The summed E-state index contributed by atoms with van der Waals surface area (Å²) >= 11 is 0. The number of benzene rings is 2. The molecule has 0 atom stereocenters. The molecule has 2 heteroatoms. The standard InChI is InChI=1S/C32H50O2/c1-4-7-9-11-13-15-18-28-20-24-30(25-21-28)33-32(17-6-3)34-31-26-22-29(23-27-31)19-16-14-12-10-8-5-2/h20-27,32H,4-19H2,1-3H3. The average molecular weight is 467 g/mol. The van der Waals surface area contributed by atoms with Gasteiger partial charge in [-0.3, -0.25) is 0 Å². The number of hydrogen-bond acceptors (Lipinski definition) is 2. The van der Waals surface area contributed by atoms with E-state index < -0.39 is 0 Å². The summed E-state index contributed by atoms with van der Waals surface area (Å²) in [5.74, 6) is 1.79. The second-order valence-corrected chi connectivity index (χ2v) is 9.78. The first-order valence-electron chi connectivity index (χ1n) is 14.3. The topological polar surface area (TPSA) is 18.5 Å². The molecule has 2 aromatic carbocycles. The van der Waals surface area contributed by atoms with Crippen LogP contribution in [0.2, 0.25) is 0 Å². The third-order valence-corrected chi connectivity index (χ3v) is 6.54. The van der Waals surface area contributed by atoms with Gasteiger partial charge in [-0.15, -0.1) is 0 Å². The third-order valence-electron chi connectivity index (χ3n) is 6.54. The molecule has 2 rings (SSSR count). The fourth-order valence-corrected chi connectivity index (χ4v) is 4.37. The Hall–Kier alpha value is -1.96. The first-order valence-corrected chi connectivity index (χ1v) is 14.3. The monoisotopic (exact) mass is 466 g/mol. The van der Waals surface area contributed by atoms with E-state index in [0.29, 0.717) is 0 Å². The maximum absolute atomic E-state index is 6.20. The molecule has 0 unspecified atom stereocenters. The number of hydrogen-bond donors (Lipinski definition) is 0. The van der Waals surface area contributed by atoms with Crippen molar-refractivity contribution in [2.24, 2.45) is 0 Å². The highest BCUT2D eigenvalue weighted by Gasteiger charge is 2.12. The van der Waals surface area contributed by atoms with Crippen LogP contribution in [0.1, 0.15) is 122 Å². The van der Waals surface area contributed by atoms with Gasteiger partial charge in [0.05, 0.1) is 0 Å². The first kappa shape index (κ1) is 28.3. The van der Waals surface area contributed by atoms with Crippen LogP contribution in [0.15, 0.2) is 48.5 Å². The molecular formula is C32H50O2. The van der Waals surface area contributed by atoms with Gasteiger partial charge in [-0.2, -0.15) is 0 Å². The lowest BCUT2D eigenvalue weighted by Crippen LogP contribution is -2.23. The van der Waals surface area contributed by atoms with Crippen LogP contribution >= 0.6 is 0 Å². The minimum Gasteiger partial charge on any atom is -0.455 e. The second-order valence-electron chi connectivity index (χ2n) is 9.78. The van der Waals surface area contributed by atoms with Crippen LogP contribution in [0.4, 0.5) is 0 Å². The summed E-state index contributed by atoms with van der Waals surface area (Å²) in [5.41, 5.74) is 2.80. The Bertz CT molecular complexity index is 658. The normalized spacial score (nSPS) is 11.2. The van der Waals surface area contributed by atoms with Crippen molar-refractivity contribution in [2.75, 3.05) is 0 Å². The van der Waals surface area contributed by atoms with E-state index in [1.54, 1.807) is 0 Å². The molecule has 0 aliphatic rings. The van der Waals surface area contributed by atoms with E-state index in [2.05, 4.69) is 69.3 Å². The van der Waals surface area contributed by atoms with Crippen LogP contribution in [0.5, 0.6) is 11.5 Å². The molecule has 2 nitrogen and oxygen atoms in total. The molecule has 0 heterocycles. The van der Waals surface area contributed by atoms with Gasteiger partial charge >= 0.3 is 0 Å². The number of rotatable bonds is 20. The summed E-state index contributed by atoms with van der Waals surface area (Å²) in [6.07, 6.45) is 20.1. The zero-order valence-corrected chi connectivity index (χ0v) is 22.3. The summed E-state index contributed by atoms with van der Waals surface area (Å²) < 4.78 is 12.4. The number of ether oxygens (including phenoxy) is 2. The second kappa shape index (κ2) is 18.4. The molecule has 2 aromatic rings. The van der Waals surface area contributed by atoms with Crippen molar-refractivity contribution in [2.45, 2.75) is 130 Å². The highest BCUT2D eigenvalue weighted by atomic mass is 16.7. The maximum atomic E-state index is 6.20. The molecule has 34 heavy (non-hydrogen) atoms. The maximum Gasteiger partial charge on any atom is 0.241 e. The van der Waals surface area contributed by atoms with Crippen molar-refractivity contribution < 1.29 is 9.47 Å². The van der Waals surface area contributed by atoms with E-state index >= 15 is 0 Å². The molecule has 0 aliphatic heterocycles. The van der Waals surface area contributed by atoms with Gasteiger partial charge < -0.3 is 9.47 Å². The highest BCUT2D eigenvalue weighted by Crippen LogP contribution is 2.21. The molecule has 190 valence electrons. The summed E-state index contributed by atoms with van der Waals surface area (Å²) in [7, 11) is 0. The molecule has 0 bridgehead atoms. The van der Waals surface area contributed by atoms with Gasteiger partial charge in [-0.25, -0.2) is 0 Å². The lowest BCUT2D eigenvalue weighted by atomic mass is 10.0. The molecule has 0 radical (unpaired) electrons. The summed E-state index contributed by atoms with van der Waals surface area (Å²) in [6.45, 7) is 6.72. The van der Waals surface area contributed by atoms with Crippen molar-refractivity contribution in [1.29, 1.82) is 0 Å². The highest BCUT2D eigenvalue weighted by molar-refractivity contribution is 5.29. The van der Waals surface area contributed by atoms with Gasteiger partial charge in [0.1, 0.15) is 11.5 Å². The predicted octanol–water partition coefficient (Wildman–Crippen LogP) is 10.1. The van der Waals surface area contributed by atoms with Crippen LogP contribution < -0.4 is 9.47 Å². The fourth-order valence-electron chi connectivity index (χ4n) is 4.37. The zero-order valence-electron chi connectivity index (χ0n) is 22.3. The zero-order chi connectivity index (χ0) is 24.3. The Morgan fingerprint density at radius 1 is 0.471 bits per heavy atom. The van der Waals surface area contributed by atoms with E-state index in [0.717, 1.165) is 37.2 Å². The minimum absolute atomic E-state index is 0.251. The Kier molecular flexibility index (Phi) is 15.3. The van der Waals surface area contributed by atoms with Crippen LogP contribution in [-0.2, 0) is 12.8 Å². The van der Waals surface area contributed by atoms with Gasteiger partial charge in [0.2, 0.25) is 6.29 Å². The summed E-state index contributed by atoms with van der Waals surface area (Å²) in [4.78, 5) is 0. The van der Waals surface area contributed by atoms with Crippen molar-refractivity contribution in [3.8, 4) is 11.5 Å². The predicted molar refractivity (Wildman–Crippen MR) is 147 cm³/mol. The van der Waals surface area contributed by atoms with Gasteiger partial charge in [-0.1, -0.05) is 109 Å². The van der Waals surface area contributed by atoms with E-state index in [1.807, 2.05) is 0 Å². The molecule has 0 saturated carbocycles. The Labute approximate surface area is 210 Å². The molecule has 0 fully saturated rings. The van der Waals surface area contributed by atoms with Crippen molar-refractivity contribution in [3.05, 3.63) is 59.7 Å².